The van der Waals surface area contributed by atoms with E-state index in [2.05, 4.69) is 24.8 Å². The van der Waals surface area contributed by atoms with Gasteiger partial charge in [0, 0.05) is 51.2 Å². The summed E-state index contributed by atoms with van der Waals surface area (Å²) in [6.45, 7) is 7.04. The Labute approximate surface area is 158 Å². The van der Waals surface area contributed by atoms with Crippen LogP contribution < -0.4 is 5.32 Å². The number of amides is 2. The van der Waals surface area contributed by atoms with E-state index in [1.54, 1.807) is 6.20 Å². The molecule has 7 nitrogen and oxygen atoms in total. The lowest BCUT2D eigenvalue weighted by molar-refractivity contribution is 0.144. The highest BCUT2D eigenvalue weighted by atomic mass is 16.2. The first-order valence-electron chi connectivity index (χ1n) is 9.30. The number of piperazine rings is 1. The van der Waals surface area contributed by atoms with Crippen LogP contribution in [0.2, 0.25) is 0 Å². The van der Waals surface area contributed by atoms with Crippen molar-refractivity contribution in [2.75, 3.05) is 38.0 Å². The molecule has 27 heavy (non-hydrogen) atoms. The van der Waals surface area contributed by atoms with Crippen molar-refractivity contribution >= 4 is 22.9 Å². The van der Waals surface area contributed by atoms with Crippen LogP contribution in [-0.2, 0) is 6.54 Å². The molecule has 1 N–H and O–H groups in total. The highest BCUT2D eigenvalue weighted by molar-refractivity contribution is 5.89. The smallest absolute Gasteiger partial charge is 0.321 e. The summed E-state index contributed by atoms with van der Waals surface area (Å²) in [4.78, 5) is 25.5. The lowest BCUT2D eigenvalue weighted by atomic mass is 10.2. The third-order valence-corrected chi connectivity index (χ3v) is 4.99. The van der Waals surface area contributed by atoms with E-state index < -0.39 is 0 Å². The van der Waals surface area contributed by atoms with Crippen LogP contribution in [0.1, 0.15) is 5.56 Å². The van der Waals surface area contributed by atoms with Crippen molar-refractivity contribution in [3.8, 4) is 0 Å². The van der Waals surface area contributed by atoms with Crippen molar-refractivity contribution < 1.29 is 4.79 Å². The van der Waals surface area contributed by atoms with E-state index in [1.165, 1.54) is 5.56 Å². The van der Waals surface area contributed by atoms with Crippen LogP contribution in [0, 0.1) is 6.92 Å². The minimum absolute atomic E-state index is 0.0247. The number of benzene rings is 1. The fraction of sp³-hybridized carbons (Fsp3) is 0.350. The summed E-state index contributed by atoms with van der Waals surface area (Å²) in [5.41, 5.74) is 3.87. The molecule has 2 amide bonds. The molecule has 3 aromatic rings. The highest BCUT2D eigenvalue weighted by Crippen LogP contribution is 2.12. The molecule has 4 rings (SSSR count). The molecular weight excluding hydrogens is 340 g/mol. The molecule has 1 saturated heterocycles. The number of rotatable bonds is 4. The fourth-order valence-electron chi connectivity index (χ4n) is 3.32. The number of hydrogen-bond donors (Lipinski definition) is 1. The van der Waals surface area contributed by atoms with Crippen LogP contribution >= 0.6 is 0 Å². The number of aromatic nitrogens is 3. The molecule has 0 atom stereocenters. The maximum Gasteiger partial charge on any atom is 0.321 e. The van der Waals surface area contributed by atoms with Crippen molar-refractivity contribution in [1.82, 2.24) is 24.3 Å². The quantitative estimate of drug-likeness (QED) is 0.773. The van der Waals surface area contributed by atoms with Crippen molar-refractivity contribution in [2.24, 2.45) is 0 Å². The minimum atomic E-state index is -0.0247. The molecule has 0 radical (unpaired) electrons. The monoisotopic (exact) mass is 364 g/mol. The average Bonchev–Trinajstić information content (AvgIpc) is 3.12. The van der Waals surface area contributed by atoms with Crippen molar-refractivity contribution in [2.45, 2.75) is 13.5 Å². The van der Waals surface area contributed by atoms with Crippen LogP contribution in [-0.4, -0.2) is 63.1 Å². The Hall–Kier alpha value is -2.93. The van der Waals surface area contributed by atoms with Crippen LogP contribution in [0.4, 0.5) is 10.5 Å². The van der Waals surface area contributed by atoms with Gasteiger partial charge < -0.3 is 14.8 Å². The average molecular weight is 364 g/mol. The maximum atomic E-state index is 12.4. The van der Waals surface area contributed by atoms with Gasteiger partial charge in [0.25, 0.3) is 0 Å². The number of fused-ring (bicyclic) bond motifs is 1. The molecule has 1 aromatic carbocycles. The number of carbonyl (C=O) groups excluding carboxylic acids is 1. The third-order valence-electron chi connectivity index (χ3n) is 4.99. The Kier molecular flexibility index (Phi) is 5.02. The van der Waals surface area contributed by atoms with Gasteiger partial charge in [0.2, 0.25) is 0 Å². The first-order chi connectivity index (χ1) is 13.2. The molecule has 1 fully saturated rings. The Morgan fingerprint density at radius 3 is 2.59 bits per heavy atom. The lowest BCUT2D eigenvalue weighted by Gasteiger charge is -2.34. The van der Waals surface area contributed by atoms with Gasteiger partial charge in [-0.15, -0.1) is 0 Å². The summed E-state index contributed by atoms with van der Waals surface area (Å²) in [5.74, 6) is 0. The first kappa shape index (κ1) is 17.5. The zero-order chi connectivity index (χ0) is 18.6. The number of pyridine rings is 1. The van der Waals surface area contributed by atoms with Gasteiger partial charge in [0.05, 0.1) is 6.33 Å². The number of anilines is 1. The van der Waals surface area contributed by atoms with Gasteiger partial charge in [-0.1, -0.05) is 17.7 Å². The Morgan fingerprint density at radius 1 is 1.04 bits per heavy atom. The number of nitrogens with one attached hydrogen (secondary N) is 1. The van der Waals surface area contributed by atoms with Crippen LogP contribution in [0.15, 0.2) is 48.9 Å². The number of urea groups is 1. The van der Waals surface area contributed by atoms with Crippen molar-refractivity contribution in [3.63, 3.8) is 0 Å². The van der Waals surface area contributed by atoms with Gasteiger partial charge in [-0.25, -0.2) is 14.8 Å². The van der Waals surface area contributed by atoms with Gasteiger partial charge in [0.15, 0.2) is 5.65 Å². The molecule has 0 spiro atoms. The Balaban J connectivity index is 1.26. The summed E-state index contributed by atoms with van der Waals surface area (Å²) in [6.07, 6.45) is 3.65. The number of carbonyl (C=O) groups is 1. The molecule has 0 bridgehead atoms. The normalized spacial score (nSPS) is 15.2. The second-order valence-corrected chi connectivity index (χ2v) is 6.91. The lowest BCUT2D eigenvalue weighted by Crippen LogP contribution is -2.50. The summed E-state index contributed by atoms with van der Waals surface area (Å²) >= 11 is 0. The van der Waals surface area contributed by atoms with E-state index in [4.69, 9.17) is 0 Å². The number of nitrogens with zero attached hydrogens (tertiary/aromatic N) is 5. The van der Waals surface area contributed by atoms with Crippen LogP contribution in [0.25, 0.3) is 11.2 Å². The maximum absolute atomic E-state index is 12.4. The highest BCUT2D eigenvalue weighted by Gasteiger charge is 2.21. The molecule has 1 aliphatic heterocycles. The molecule has 140 valence electrons. The number of imidazole rings is 1. The second kappa shape index (κ2) is 7.75. The predicted molar refractivity (Wildman–Crippen MR) is 106 cm³/mol. The Bertz CT molecular complexity index is 912. The molecule has 1 aliphatic rings. The van der Waals surface area contributed by atoms with E-state index in [0.29, 0.717) is 0 Å². The van der Waals surface area contributed by atoms with E-state index in [1.807, 2.05) is 54.5 Å². The molecular formula is C20H24N6O. The summed E-state index contributed by atoms with van der Waals surface area (Å²) in [5, 5.41) is 2.98. The number of aryl methyl sites for hydroxylation is 1. The van der Waals surface area contributed by atoms with Crippen LogP contribution in [0.5, 0.6) is 0 Å². The topological polar surface area (TPSA) is 66.3 Å². The predicted octanol–water partition coefficient (Wildman–Crippen LogP) is 2.59. The van der Waals surface area contributed by atoms with E-state index in [0.717, 1.165) is 56.1 Å². The largest absolute Gasteiger partial charge is 0.322 e. The van der Waals surface area contributed by atoms with Gasteiger partial charge in [0.1, 0.15) is 5.52 Å². The fourth-order valence-corrected chi connectivity index (χ4v) is 3.32. The third kappa shape index (κ3) is 4.09. The van der Waals surface area contributed by atoms with E-state index >= 15 is 0 Å². The van der Waals surface area contributed by atoms with Crippen LogP contribution in [0.3, 0.4) is 0 Å². The van der Waals surface area contributed by atoms with Gasteiger partial charge >= 0.3 is 6.03 Å². The summed E-state index contributed by atoms with van der Waals surface area (Å²) in [7, 11) is 0. The molecule has 2 aromatic heterocycles. The molecule has 0 unspecified atom stereocenters. The van der Waals surface area contributed by atoms with E-state index in [-0.39, 0.29) is 6.03 Å². The van der Waals surface area contributed by atoms with Gasteiger partial charge in [-0.05, 0) is 31.2 Å². The summed E-state index contributed by atoms with van der Waals surface area (Å²) < 4.78 is 2.09. The summed E-state index contributed by atoms with van der Waals surface area (Å²) in [6, 6.07) is 11.7. The molecule has 0 aliphatic carbocycles. The number of hydrogen-bond acceptors (Lipinski definition) is 4. The zero-order valence-electron chi connectivity index (χ0n) is 15.5. The van der Waals surface area contributed by atoms with Crippen molar-refractivity contribution in [3.05, 3.63) is 54.5 Å². The second-order valence-electron chi connectivity index (χ2n) is 6.91. The SMILES string of the molecule is Cc1ccc(NC(=O)N2CCN(CCn3cnc4cccnc43)CC2)cc1. The van der Waals surface area contributed by atoms with E-state index in [9.17, 15) is 4.79 Å². The first-order valence-corrected chi connectivity index (χ1v) is 9.30. The van der Waals surface area contributed by atoms with Crippen molar-refractivity contribution in [1.29, 1.82) is 0 Å². The minimum Gasteiger partial charge on any atom is -0.322 e. The van der Waals surface area contributed by atoms with Gasteiger partial charge in [-0.2, -0.15) is 0 Å². The molecule has 7 heteroatoms. The Morgan fingerprint density at radius 2 is 1.81 bits per heavy atom. The standard InChI is InChI=1S/C20H24N6O/c1-16-4-6-17(7-5-16)23-20(27)25-12-9-24(10-13-25)11-14-26-15-22-18-3-2-8-21-19(18)26/h2-8,15H,9-14H2,1H3,(H,23,27). The van der Waals surface area contributed by atoms with Gasteiger partial charge in [-0.3, -0.25) is 4.90 Å². The zero-order valence-corrected chi connectivity index (χ0v) is 15.5. The molecule has 0 saturated carbocycles. The molecule has 3 heterocycles.